The summed E-state index contributed by atoms with van der Waals surface area (Å²) < 4.78 is 6.29. The lowest BCUT2D eigenvalue weighted by Crippen LogP contribution is -2.42. The van der Waals surface area contributed by atoms with Crippen molar-refractivity contribution in [1.82, 2.24) is 10.2 Å². The summed E-state index contributed by atoms with van der Waals surface area (Å²) in [7, 11) is 0. The molecule has 0 unspecified atom stereocenters. The first-order valence-corrected chi connectivity index (χ1v) is 18.3. The molecule has 1 N–H and O–H groups in total. The number of halogens is 2. The predicted octanol–water partition coefficient (Wildman–Crippen LogP) is 8.98. The Morgan fingerprint density at radius 3 is 2.34 bits per heavy atom. The zero-order valence-electron chi connectivity index (χ0n) is 28.3. The molecular weight excluding hydrogens is 780 g/mol. The van der Waals surface area contributed by atoms with Crippen LogP contribution in [-0.4, -0.2) is 38.5 Å². The van der Waals surface area contributed by atoms with E-state index in [0.717, 1.165) is 22.9 Å². The average molecular weight is 812 g/mol. The zero-order chi connectivity index (χ0) is 37.9. The Hall–Kier alpha value is -5.56. The van der Waals surface area contributed by atoms with Crippen LogP contribution in [0.25, 0.3) is 6.08 Å². The van der Waals surface area contributed by atoms with Gasteiger partial charge in [-0.15, -0.1) is 0 Å². The van der Waals surface area contributed by atoms with Gasteiger partial charge in [-0.25, -0.2) is 0 Å². The molecule has 13 heteroatoms. The molecular formula is C40H32BrClN4O6S. The number of nitrogens with zero attached hydrogens (tertiary/aromatic N) is 3. The first-order chi connectivity index (χ1) is 25.6. The summed E-state index contributed by atoms with van der Waals surface area (Å²) in [6.07, 6.45) is 7.91. The lowest BCUT2D eigenvalue weighted by molar-refractivity contribution is -0.384. The maximum atomic E-state index is 14.1. The van der Waals surface area contributed by atoms with Gasteiger partial charge in [0, 0.05) is 17.8 Å². The van der Waals surface area contributed by atoms with E-state index < -0.39 is 22.8 Å². The fourth-order valence-electron chi connectivity index (χ4n) is 5.28. The highest BCUT2D eigenvalue weighted by molar-refractivity contribution is 9.10. The fourth-order valence-corrected chi connectivity index (χ4v) is 7.07. The average Bonchev–Trinajstić information content (AvgIpc) is 3.16. The van der Waals surface area contributed by atoms with Crippen molar-refractivity contribution in [2.45, 2.75) is 19.6 Å². The molecule has 0 bridgehead atoms. The predicted molar refractivity (Wildman–Crippen MR) is 212 cm³/mol. The molecule has 1 aliphatic heterocycles. The third kappa shape index (κ3) is 9.86. The minimum absolute atomic E-state index is 0.00305. The summed E-state index contributed by atoms with van der Waals surface area (Å²) in [4.78, 5) is 57.2. The standard InChI is InChI=1S/C40H32BrClN4O6S/c1-3-5-18-30(4-2)45-39(49)32(21-27-22-33(41)37(34(42)23-27)52-24-26-13-12-19-31(20-26)46(50)51)38(48)44-40(45)53-25-35(47)43-36(28-14-8-6-9-15-28)29-16-10-7-11-17-29/h3-23,36H,1,24-25H2,2H3,(H,43,47)/b18-5-,30-4+,32-21+. The Labute approximate surface area is 323 Å². The Balaban J connectivity index is 1.39. The summed E-state index contributed by atoms with van der Waals surface area (Å²) in [6, 6.07) is 27.9. The molecule has 53 heavy (non-hydrogen) atoms. The first kappa shape index (κ1) is 38.7. The lowest BCUT2D eigenvalue weighted by atomic mass is 9.99. The van der Waals surface area contributed by atoms with Crippen molar-refractivity contribution in [3.63, 3.8) is 0 Å². The molecule has 5 rings (SSSR count). The van der Waals surface area contributed by atoms with Crippen LogP contribution in [0.4, 0.5) is 5.69 Å². The van der Waals surface area contributed by atoms with E-state index in [4.69, 9.17) is 16.3 Å². The summed E-state index contributed by atoms with van der Waals surface area (Å²) >= 11 is 11.0. The minimum atomic E-state index is -0.790. The number of amidine groups is 1. The second-order valence-corrected chi connectivity index (χ2v) is 13.6. The number of nitro benzene ring substituents is 1. The van der Waals surface area contributed by atoms with Crippen LogP contribution in [0.2, 0.25) is 5.02 Å². The topological polar surface area (TPSA) is 131 Å². The molecule has 268 valence electrons. The molecule has 0 saturated heterocycles. The number of carbonyl (C=O) groups excluding carboxylic acids is 3. The molecule has 4 aromatic carbocycles. The van der Waals surface area contributed by atoms with Crippen LogP contribution in [0, 0.1) is 10.1 Å². The Morgan fingerprint density at radius 2 is 1.74 bits per heavy atom. The highest BCUT2D eigenvalue weighted by Gasteiger charge is 2.35. The van der Waals surface area contributed by atoms with Crippen LogP contribution < -0.4 is 10.1 Å². The second kappa shape index (κ2) is 18.3. The van der Waals surface area contributed by atoms with Crippen LogP contribution in [0.1, 0.15) is 35.2 Å². The van der Waals surface area contributed by atoms with E-state index >= 15 is 0 Å². The number of non-ortho nitro benzene ring substituents is 1. The van der Waals surface area contributed by atoms with Gasteiger partial charge in [-0.2, -0.15) is 4.99 Å². The van der Waals surface area contributed by atoms with Crippen molar-refractivity contribution < 1.29 is 24.0 Å². The van der Waals surface area contributed by atoms with Crippen molar-refractivity contribution in [1.29, 1.82) is 0 Å². The molecule has 1 heterocycles. The second-order valence-electron chi connectivity index (χ2n) is 11.3. The zero-order valence-corrected chi connectivity index (χ0v) is 31.4. The van der Waals surface area contributed by atoms with E-state index in [1.165, 1.54) is 29.2 Å². The van der Waals surface area contributed by atoms with Crippen molar-refractivity contribution in [3.8, 4) is 5.75 Å². The minimum Gasteiger partial charge on any atom is -0.486 e. The van der Waals surface area contributed by atoms with Crippen molar-refractivity contribution in [2.24, 2.45) is 4.99 Å². The molecule has 0 aromatic heterocycles. The number of rotatable bonds is 13. The normalized spacial score (nSPS) is 14.1. The number of carbonyl (C=O) groups is 3. The SMILES string of the molecule is C=C/C=C\C(=C/C)N1C(=O)/C(=C/c2cc(Cl)c(OCc3cccc([N+](=O)[O-])c3)c(Br)c2)C(=O)N=C1SCC(=O)NC(c1ccccc1)c1ccccc1. The molecule has 3 amide bonds. The van der Waals surface area contributed by atoms with E-state index in [2.05, 4.69) is 32.8 Å². The number of aliphatic imine (C=N–C) groups is 1. The molecule has 0 aliphatic carbocycles. The number of nitrogens with one attached hydrogen (secondary N) is 1. The maximum absolute atomic E-state index is 14.1. The van der Waals surface area contributed by atoms with Gasteiger partial charge in [-0.3, -0.25) is 29.4 Å². The first-order valence-electron chi connectivity index (χ1n) is 16.1. The molecule has 0 spiro atoms. The van der Waals surface area contributed by atoms with E-state index in [-0.39, 0.29) is 45.5 Å². The van der Waals surface area contributed by atoms with Gasteiger partial charge in [0.2, 0.25) is 5.91 Å². The molecule has 0 radical (unpaired) electrons. The fraction of sp³-hybridized carbons (Fsp3) is 0.100. The van der Waals surface area contributed by atoms with Crippen LogP contribution in [0.5, 0.6) is 5.75 Å². The number of ether oxygens (including phenoxy) is 1. The Kier molecular flexibility index (Phi) is 13.3. The number of nitro groups is 1. The number of hydrogen-bond donors (Lipinski definition) is 1. The third-order valence-electron chi connectivity index (χ3n) is 7.75. The van der Waals surface area contributed by atoms with Gasteiger partial charge in [0.1, 0.15) is 12.2 Å². The van der Waals surface area contributed by atoms with Gasteiger partial charge >= 0.3 is 0 Å². The van der Waals surface area contributed by atoms with Crippen molar-refractivity contribution in [3.05, 3.63) is 181 Å². The molecule has 10 nitrogen and oxygen atoms in total. The monoisotopic (exact) mass is 810 g/mol. The number of hydrogen-bond acceptors (Lipinski definition) is 7. The Morgan fingerprint density at radius 1 is 1.06 bits per heavy atom. The van der Waals surface area contributed by atoms with Gasteiger partial charge in [0.05, 0.1) is 26.2 Å². The van der Waals surface area contributed by atoms with E-state index in [0.29, 0.717) is 21.3 Å². The lowest BCUT2D eigenvalue weighted by Gasteiger charge is -2.28. The number of benzene rings is 4. The van der Waals surface area contributed by atoms with Crippen LogP contribution in [0.3, 0.4) is 0 Å². The highest BCUT2D eigenvalue weighted by Crippen LogP contribution is 2.36. The number of amides is 3. The molecule has 0 atom stereocenters. The largest absolute Gasteiger partial charge is 0.486 e. The maximum Gasteiger partial charge on any atom is 0.285 e. The quantitative estimate of drug-likeness (QED) is 0.0469. The molecule has 4 aromatic rings. The van der Waals surface area contributed by atoms with E-state index in [1.807, 2.05) is 60.7 Å². The van der Waals surface area contributed by atoms with Crippen LogP contribution in [-0.2, 0) is 21.0 Å². The van der Waals surface area contributed by atoms with E-state index in [1.54, 1.807) is 49.4 Å². The number of thioether (sulfide) groups is 1. The summed E-state index contributed by atoms with van der Waals surface area (Å²) in [6.45, 7) is 5.45. The summed E-state index contributed by atoms with van der Waals surface area (Å²) in [5.41, 5.74) is 2.88. The molecule has 1 aliphatic rings. The van der Waals surface area contributed by atoms with Gasteiger partial charge in [0.25, 0.3) is 17.5 Å². The van der Waals surface area contributed by atoms with Crippen LogP contribution in [0.15, 0.2) is 149 Å². The third-order valence-corrected chi connectivity index (χ3v) is 9.56. The molecule has 0 saturated carbocycles. The van der Waals surface area contributed by atoms with E-state index in [9.17, 15) is 24.5 Å². The molecule has 0 fully saturated rings. The van der Waals surface area contributed by atoms with Gasteiger partial charge in [-0.05, 0) is 69.4 Å². The highest BCUT2D eigenvalue weighted by atomic mass is 79.9. The summed E-state index contributed by atoms with van der Waals surface area (Å²) in [5, 5.41) is 14.4. The Bertz CT molecular complexity index is 2110. The van der Waals surface area contributed by atoms with Gasteiger partial charge < -0.3 is 10.1 Å². The smallest absolute Gasteiger partial charge is 0.285 e. The number of allylic oxidation sites excluding steroid dienone is 4. The van der Waals surface area contributed by atoms with Gasteiger partial charge in [-0.1, -0.05) is 121 Å². The van der Waals surface area contributed by atoms with Crippen molar-refractivity contribution in [2.75, 3.05) is 5.75 Å². The summed E-state index contributed by atoms with van der Waals surface area (Å²) in [5.74, 6) is -1.63. The van der Waals surface area contributed by atoms with Gasteiger partial charge in [0.15, 0.2) is 10.9 Å². The van der Waals surface area contributed by atoms with Crippen molar-refractivity contribution >= 4 is 73.9 Å². The van der Waals surface area contributed by atoms with Crippen LogP contribution >= 0.6 is 39.3 Å².